The van der Waals surface area contributed by atoms with Crippen LogP contribution in [0.2, 0.25) is 5.02 Å². The van der Waals surface area contributed by atoms with Crippen molar-refractivity contribution in [1.29, 1.82) is 0 Å². The van der Waals surface area contributed by atoms with Crippen LogP contribution in [0.25, 0.3) is 0 Å². The lowest BCUT2D eigenvalue weighted by Crippen LogP contribution is -2.26. The molecule has 0 aliphatic heterocycles. The molecule has 0 atom stereocenters. The Hall–Kier alpha value is -0.740. The third-order valence-corrected chi connectivity index (χ3v) is 3.59. The van der Waals surface area contributed by atoms with Gasteiger partial charge in [-0.1, -0.05) is 43.1 Å². The van der Waals surface area contributed by atoms with Gasteiger partial charge in [-0.05, 0) is 18.6 Å². The number of hydrogen-bond donors (Lipinski definition) is 1. The SMILES string of the molecule is CCCCCNC(=O)CSc1ncccc1Cl. The number of rotatable bonds is 7. The number of aromatic nitrogens is 1. The molecule has 1 aromatic rings. The van der Waals surface area contributed by atoms with Crippen LogP contribution >= 0.6 is 23.4 Å². The highest BCUT2D eigenvalue weighted by Crippen LogP contribution is 2.23. The molecule has 5 heteroatoms. The van der Waals surface area contributed by atoms with Gasteiger partial charge in [0.25, 0.3) is 0 Å². The number of amides is 1. The molecule has 0 bridgehead atoms. The Kier molecular flexibility index (Phi) is 7.05. The van der Waals surface area contributed by atoms with Gasteiger partial charge in [0, 0.05) is 12.7 Å². The number of nitrogens with one attached hydrogen (secondary N) is 1. The molecule has 1 aromatic heterocycles. The number of thioether (sulfide) groups is 1. The minimum Gasteiger partial charge on any atom is -0.355 e. The van der Waals surface area contributed by atoms with Gasteiger partial charge in [0.15, 0.2) is 0 Å². The largest absolute Gasteiger partial charge is 0.355 e. The van der Waals surface area contributed by atoms with Crippen molar-refractivity contribution in [2.24, 2.45) is 0 Å². The molecule has 1 heterocycles. The van der Waals surface area contributed by atoms with E-state index in [1.807, 2.05) is 0 Å². The van der Waals surface area contributed by atoms with Crippen LogP contribution in [0.3, 0.4) is 0 Å². The predicted molar refractivity (Wildman–Crippen MR) is 72.5 cm³/mol. The Morgan fingerprint density at radius 3 is 3.06 bits per heavy atom. The molecule has 0 saturated heterocycles. The van der Waals surface area contributed by atoms with Gasteiger partial charge in [-0.15, -0.1) is 0 Å². The zero-order chi connectivity index (χ0) is 12.5. The summed E-state index contributed by atoms with van der Waals surface area (Å²) in [6, 6.07) is 3.55. The van der Waals surface area contributed by atoms with Crippen LogP contribution in [-0.4, -0.2) is 23.2 Å². The molecule has 3 nitrogen and oxygen atoms in total. The average Bonchev–Trinajstić information content (AvgIpc) is 2.34. The normalized spacial score (nSPS) is 10.2. The number of halogens is 1. The monoisotopic (exact) mass is 272 g/mol. The molecular formula is C12H17ClN2OS. The van der Waals surface area contributed by atoms with Gasteiger partial charge in [-0.3, -0.25) is 4.79 Å². The van der Waals surface area contributed by atoms with E-state index in [0.717, 1.165) is 25.8 Å². The fourth-order valence-corrected chi connectivity index (χ4v) is 2.26. The molecule has 1 N–H and O–H groups in total. The van der Waals surface area contributed by atoms with Crippen molar-refractivity contribution in [1.82, 2.24) is 10.3 Å². The fourth-order valence-electron chi connectivity index (χ4n) is 1.27. The van der Waals surface area contributed by atoms with Crippen LogP contribution in [0.5, 0.6) is 0 Å². The summed E-state index contributed by atoms with van der Waals surface area (Å²) in [7, 11) is 0. The van der Waals surface area contributed by atoms with Crippen molar-refractivity contribution in [3.63, 3.8) is 0 Å². The quantitative estimate of drug-likeness (QED) is 0.612. The van der Waals surface area contributed by atoms with E-state index in [1.54, 1.807) is 18.3 Å². The highest BCUT2D eigenvalue weighted by atomic mass is 35.5. The highest BCUT2D eigenvalue weighted by Gasteiger charge is 2.05. The molecule has 0 radical (unpaired) electrons. The molecule has 0 fully saturated rings. The van der Waals surface area contributed by atoms with Crippen LogP contribution in [0, 0.1) is 0 Å². The minimum absolute atomic E-state index is 0.0350. The maximum absolute atomic E-state index is 11.5. The first-order chi connectivity index (χ1) is 8.24. The van der Waals surface area contributed by atoms with Gasteiger partial charge in [0.2, 0.25) is 5.91 Å². The number of unbranched alkanes of at least 4 members (excludes halogenated alkanes) is 2. The summed E-state index contributed by atoms with van der Waals surface area (Å²) < 4.78 is 0. The summed E-state index contributed by atoms with van der Waals surface area (Å²) in [4.78, 5) is 15.6. The molecule has 94 valence electrons. The van der Waals surface area contributed by atoms with Gasteiger partial charge >= 0.3 is 0 Å². The third-order valence-electron chi connectivity index (χ3n) is 2.17. The van der Waals surface area contributed by atoms with Crippen LogP contribution in [0.4, 0.5) is 0 Å². The van der Waals surface area contributed by atoms with Gasteiger partial charge < -0.3 is 5.32 Å². The van der Waals surface area contributed by atoms with E-state index in [4.69, 9.17) is 11.6 Å². The lowest BCUT2D eigenvalue weighted by Gasteiger charge is -2.04. The van der Waals surface area contributed by atoms with E-state index in [0.29, 0.717) is 15.8 Å². The Morgan fingerprint density at radius 1 is 1.53 bits per heavy atom. The molecule has 1 amide bonds. The Balaban J connectivity index is 2.22. The topological polar surface area (TPSA) is 42.0 Å². The average molecular weight is 273 g/mol. The van der Waals surface area contributed by atoms with Crippen LogP contribution < -0.4 is 5.32 Å². The highest BCUT2D eigenvalue weighted by molar-refractivity contribution is 8.00. The van der Waals surface area contributed by atoms with Crippen molar-refractivity contribution in [2.75, 3.05) is 12.3 Å². The van der Waals surface area contributed by atoms with Crippen molar-refractivity contribution >= 4 is 29.3 Å². The summed E-state index contributed by atoms with van der Waals surface area (Å²) in [6.45, 7) is 2.89. The van der Waals surface area contributed by atoms with E-state index in [9.17, 15) is 4.79 Å². The Bertz CT molecular complexity index is 360. The molecule has 1 rings (SSSR count). The van der Waals surface area contributed by atoms with Gasteiger partial charge in [0.05, 0.1) is 10.8 Å². The first kappa shape index (κ1) is 14.3. The second-order valence-corrected chi connectivity index (χ2v) is 5.01. The smallest absolute Gasteiger partial charge is 0.230 e. The molecule has 0 saturated carbocycles. The maximum Gasteiger partial charge on any atom is 0.230 e. The van der Waals surface area contributed by atoms with E-state index in [-0.39, 0.29) is 5.91 Å². The minimum atomic E-state index is 0.0350. The van der Waals surface area contributed by atoms with Crippen molar-refractivity contribution in [3.05, 3.63) is 23.4 Å². The van der Waals surface area contributed by atoms with Gasteiger partial charge in [-0.25, -0.2) is 4.98 Å². The standard InChI is InChI=1S/C12H17ClN2OS/c1-2-3-4-7-14-11(16)9-17-12-10(13)6-5-8-15-12/h5-6,8H,2-4,7,9H2,1H3,(H,14,16). The van der Waals surface area contributed by atoms with E-state index < -0.39 is 0 Å². The summed E-state index contributed by atoms with van der Waals surface area (Å²) in [5.41, 5.74) is 0. The second-order valence-electron chi connectivity index (χ2n) is 3.64. The summed E-state index contributed by atoms with van der Waals surface area (Å²) in [5.74, 6) is 0.399. The van der Waals surface area contributed by atoms with Crippen LogP contribution in [-0.2, 0) is 4.79 Å². The fraction of sp³-hybridized carbons (Fsp3) is 0.500. The van der Waals surface area contributed by atoms with E-state index >= 15 is 0 Å². The molecule has 0 aromatic carbocycles. The lowest BCUT2D eigenvalue weighted by atomic mass is 10.2. The first-order valence-electron chi connectivity index (χ1n) is 5.74. The van der Waals surface area contributed by atoms with Crippen LogP contribution in [0.1, 0.15) is 26.2 Å². The van der Waals surface area contributed by atoms with Gasteiger partial charge in [-0.2, -0.15) is 0 Å². The number of nitrogens with zero attached hydrogens (tertiary/aromatic N) is 1. The van der Waals surface area contributed by atoms with E-state index in [1.165, 1.54) is 11.8 Å². The second kappa shape index (κ2) is 8.37. The number of carbonyl (C=O) groups is 1. The Morgan fingerprint density at radius 2 is 2.35 bits per heavy atom. The summed E-state index contributed by atoms with van der Waals surface area (Å²) in [6.07, 6.45) is 5.03. The molecule has 17 heavy (non-hydrogen) atoms. The number of pyridine rings is 1. The zero-order valence-electron chi connectivity index (χ0n) is 9.91. The first-order valence-corrected chi connectivity index (χ1v) is 7.10. The molecule has 0 aliphatic carbocycles. The summed E-state index contributed by atoms with van der Waals surface area (Å²) in [5, 5.41) is 4.18. The zero-order valence-corrected chi connectivity index (χ0v) is 11.5. The van der Waals surface area contributed by atoms with Crippen LogP contribution in [0.15, 0.2) is 23.4 Å². The maximum atomic E-state index is 11.5. The number of carbonyl (C=O) groups excluding carboxylic acids is 1. The molecule has 0 aliphatic rings. The van der Waals surface area contributed by atoms with Crippen molar-refractivity contribution in [2.45, 2.75) is 31.2 Å². The molecule has 0 unspecified atom stereocenters. The summed E-state index contributed by atoms with van der Waals surface area (Å²) >= 11 is 7.30. The Labute approximate surface area is 111 Å². The predicted octanol–water partition coefficient (Wildman–Crippen LogP) is 3.13. The molecular weight excluding hydrogens is 256 g/mol. The van der Waals surface area contributed by atoms with Gasteiger partial charge in [0.1, 0.15) is 5.03 Å². The lowest BCUT2D eigenvalue weighted by molar-refractivity contribution is -0.118. The van der Waals surface area contributed by atoms with Crippen molar-refractivity contribution in [3.8, 4) is 0 Å². The third kappa shape index (κ3) is 5.94. The number of hydrogen-bond acceptors (Lipinski definition) is 3. The molecule has 0 spiro atoms. The van der Waals surface area contributed by atoms with E-state index in [2.05, 4.69) is 17.2 Å². The van der Waals surface area contributed by atoms with Crippen molar-refractivity contribution < 1.29 is 4.79 Å².